The number of carbonyl (C=O) groups is 2. The molecule has 0 aliphatic carbocycles. The SMILES string of the molecule is O=C1c2oc3ccccc3c(=O)c2C2(C(=O)N(Cc3ccc(Cl)cc3)c3ccccc32)N1c1nc2ccc(Cl)cc2s1. The summed E-state index contributed by atoms with van der Waals surface area (Å²) in [5.41, 5.74) is 0.492. The Morgan fingerprint density at radius 2 is 1.60 bits per heavy atom. The molecule has 7 nitrogen and oxygen atoms in total. The van der Waals surface area contributed by atoms with Gasteiger partial charge in [0.05, 0.1) is 33.4 Å². The molecule has 1 atom stereocenters. The molecule has 0 bridgehead atoms. The van der Waals surface area contributed by atoms with Gasteiger partial charge in [0.2, 0.25) is 5.76 Å². The number of thiazole rings is 1. The van der Waals surface area contributed by atoms with Gasteiger partial charge in [0.15, 0.2) is 16.1 Å². The molecule has 4 heterocycles. The van der Waals surface area contributed by atoms with Gasteiger partial charge in [0, 0.05) is 15.6 Å². The number of carbonyl (C=O) groups excluding carboxylic acids is 2. The Bertz CT molecular complexity index is 2190. The first-order chi connectivity index (χ1) is 20.4. The third-order valence-corrected chi connectivity index (χ3v) is 9.31. The molecule has 0 saturated heterocycles. The highest BCUT2D eigenvalue weighted by Gasteiger charge is 2.66. The fraction of sp³-hybridized carbons (Fsp3) is 0.0625. The van der Waals surface area contributed by atoms with Crippen molar-refractivity contribution in [1.29, 1.82) is 0 Å². The number of hydrogen-bond acceptors (Lipinski definition) is 6. The van der Waals surface area contributed by atoms with Gasteiger partial charge in [-0.15, -0.1) is 0 Å². The fourth-order valence-electron chi connectivity index (χ4n) is 6.02. The van der Waals surface area contributed by atoms with E-state index in [4.69, 9.17) is 32.6 Å². The average Bonchev–Trinajstić information content (AvgIpc) is 3.60. The van der Waals surface area contributed by atoms with Crippen LogP contribution in [0.3, 0.4) is 0 Å². The molecule has 2 aromatic heterocycles. The van der Waals surface area contributed by atoms with E-state index in [9.17, 15) is 14.4 Å². The summed E-state index contributed by atoms with van der Waals surface area (Å²) in [7, 11) is 0. The number of benzene rings is 4. The highest BCUT2D eigenvalue weighted by Crippen LogP contribution is 2.55. The molecule has 2 aliphatic rings. The van der Waals surface area contributed by atoms with E-state index in [1.54, 1.807) is 71.6 Å². The second-order valence-corrected chi connectivity index (χ2v) is 12.0. The van der Waals surface area contributed by atoms with Crippen molar-refractivity contribution in [3.63, 3.8) is 0 Å². The summed E-state index contributed by atoms with van der Waals surface area (Å²) in [6, 6.07) is 26.4. The van der Waals surface area contributed by atoms with E-state index < -0.39 is 22.8 Å². The van der Waals surface area contributed by atoms with Gasteiger partial charge in [-0.05, 0) is 54.1 Å². The second kappa shape index (κ2) is 9.00. The lowest BCUT2D eigenvalue weighted by Gasteiger charge is -2.32. The third kappa shape index (κ3) is 3.34. The van der Waals surface area contributed by atoms with E-state index in [0.717, 1.165) is 10.3 Å². The molecule has 0 saturated carbocycles. The lowest BCUT2D eigenvalue weighted by Crippen LogP contribution is -2.53. The number of nitrogens with zero attached hydrogens (tertiary/aromatic N) is 3. The summed E-state index contributed by atoms with van der Waals surface area (Å²) >= 11 is 13.6. The number of amides is 2. The maximum atomic E-state index is 15.0. The topological polar surface area (TPSA) is 83.7 Å². The van der Waals surface area contributed by atoms with E-state index in [1.165, 1.54) is 16.2 Å². The van der Waals surface area contributed by atoms with Crippen LogP contribution in [-0.2, 0) is 16.9 Å². The number of anilines is 2. The van der Waals surface area contributed by atoms with Crippen LogP contribution in [0, 0.1) is 0 Å². The lowest BCUT2D eigenvalue weighted by atomic mass is 9.84. The molecule has 1 spiro atoms. The van der Waals surface area contributed by atoms with Crippen LogP contribution in [-0.4, -0.2) is 16.8 Å². The van der Waals surface area contributed by atoms with E-state index in [1.807, 2.05) is 24.3 Å². The second-order valence-electron chi connectivity index (χ2n) is 10.1. The van der Waals surface area contributed by atoms with E-state index in [0.29, 0.717) is 26.8 Å². The molecule has 204 valence electrons. The van der Waals surface area contributed by atoms with Gasteiger partial charge in [-0.2, -0.15) is 0 Å². The van der Waals surface area contributed by atoms with Crippen molar-refractivity contribution in [2.75, 3.05) is 9.80 Å². The Balaban J connectivity index is 1.44. The Kier molecular flexibility index (Phi) is 5.40. The molecule has 0 fully saturated rings. The fourth-order valence-corrected chi connectivity index (χ4v) is 7.44. The van der Waals surface area contributed by atoms with Gasteiger partial charge in [-0.25, -0.2) is 4.98 Å². The molecule has 6 aromatic rings. The van der Waals surface area contributed by atoms with Crippen LogP contribution in [0.15, 0.2) is 100 Å². The molecular weight excluding hydrogens is 593 g/mol. The average molecular weight is 610 g/mol. The minimum Gasteiger partial charge on any atom is -0.450 e. The predicted molar refractivity (Wildman–Crippen MR) is 164 cm³/mol. The molecule has 42 heavy (non-hydrogen) atoms. The summed E-state index contributed by atoms with van der Waals surface area (Å²) in [6.07, 6.45) is 0. The Morgan fingerprint density at radius 1 is 0.857 bits per heavy atom. The number of halogens is 2. The van der Waals surface area contributed by atoms with Crippen molar-refractivity contribution in [1.82, 2.24) is 4.98 Å². The van der Waals surface area contributed by atoms with Gasteiger partial charge < -0.3 is 9.32 Å². The van der Waals surface area contributed by atoms with Crippen molar-refractivity contribution in [2.24, 2.45) is 0 Å². The highest BCUT2D eigenvalue weighted by molar-refractivity contribution is 7.22. The first-order valence-electron chi connectivity index (χ1n) is 13.0. The minimum absolute atomic E-state index is 0.0143. The van der Waals surface area contributed by atoms with Crippen molar-refractivity contribution in [2.45, 2.75) is 12.1 Å². The van der Waals surface area contributed by atoms with Gasteiger partial charge in [-0.1, -0.05) is 77.0 Å². The smallest absolute Gasteiger partial charge is 0.297 e. The van der Waals surface area contributed by atoms with E-state index in [2.05, 4.69) is 0 Å². The quantitative estimate of drug-likeness (QED) is 0.212. The lowest BCUT2D eigenvalue weighted by molar-refractivity contribution is -0.121. The zero-order valence-corrected chi connectivity index (χ0v) is 23.8. The van der Waals surface area contributed by atoms with Crippen molar-refractivity contribution >= 4 is 78.4 Å². The van der Waals surface area contributed by atoms with E-state index >= 15 is 0 Å². The number of rotatable bonds is 3. The summed E-state index contributed by atoms with van der Waals surface area (Å²) in [5, 5.41) is 1.62. The largest absolute Gasteiger partial charge is 0.450 e. The van der Waals surface area contributed by atoms with Crippen LogP contribution in [0.5, 0.6) is 0 Å². The van der Waals surface area contributed by atoms with Gasteiger partial charge in [0.1, 0.15) is 5.58 Å². The van der Waals surface area contributed by atoms with Crippen LogP contribution in [0.1, 0.15) is 27.2 Å². The zero-order valence-electron chi connectivity index (χ0n) is 21.5. The number of aromatic nitrogens is 1. The van der Waals surface area contributed by atoms with Crippen LogP contribution in [0.4, 0.5) is 10.8 Å². The summed E-state index contributed by atoms with van der Waals surface area (Å²) in [6.45, 7) is 0.195. The summed E-state index contributed by atoms with van der Waals surface area (Å²) in [5.74, 6) is -1.24. The maximum Gasteiger partial charge on any atom is 0.297 e. The predicted octanol–water partition coefficient (Wildman–Crippen LogP) is 7.16. The molecule has 8 rings (SSSR count). The summed E-state index contributed by atoms with van der Waals surface area (Å²) < 4.78 is 6.87. The molecule has 2 aliphatic heterocycles. The Labute approximate surface area is 252 Å². The monoisotopic (exact) mass is 609 g/mol. The normalized spacial score (nSPS) is 17.6. The maximum absolute atomic E-state index is 15.0. The first kappa shape index (κ1) is 25.2. The van der Waals surface area contributed by atoms with Crippen LogP contribution < -0.4 is 15.2 Å². The molecule has 1 unspecified atom stereocenters. The Morgan fingerprint density at radius 3 is 2.43 bits per heavy atom. The standard InChI is InChI=1S/C32H17Cl2N3O4S/c33-18-11-9-17(10-12-18)16-36-23-7-3-2-6-21(23)32(30(36)40)26-27(38)20-5-1-4-8-24(20)41-28(26)29(39)37(32)31-35-22-14-13-19(34)15-25(22)42-31/h1-15H,16H2. The minimum atomic E-state index is -1.84. The van der Waals surface area contributed by atoms with Gasteiger partial charge in [0.25, 0.3) is 11.8 Å². The van der Waals surface area contributed by atoms with Crippen LogP contribution in [0.2, 0.25) is 10.0 Å². The summed E-state index contributed by atoms with van der Waals surface area (Å²) in [4.78, 5) is 51.4. The first-order valence-corrected chi connectivity index (χ1v) is 14.6. The van der Waals surface area contributed by atoms with Crippen LogP contribution in [0.25, 0.3) is 21.2 Å². The highest BCUT2D eigenvalue weighted by atomic mass is 35.5. The third-order valence-electron chi connectivity index (χ3n) is 7.82. The number of para-hydroxylation sites is 2. The van der Waals surface area contributed by atoms with Crippen LogP contribution >= 0.6 is 34.5 Å². The van der Waals surface area contributed by atoms with Gasteiger partial charge in [-0.3, -0.25) is 19.3 Å². The van der Waals surface area contributed by atoms with Crippen molar-refractivity contribution in [3.8, 4) is 0 Å². The van der Waals surface area contributed by atoms with Gasteiger partial charge >= 0.3 is 0 Å². The molecule has 10 heteroatoms. The molecule has 0 radical (unpaired) electrons. The number of fused-ring (bicyclic) bond motifs is 6. The molecule has 4 aromatic carbocycles. The molecular formula is C32H17Cl2N3O4S. The van der Waals surface area contributed by atoms with E-state index in [-0.39, 0.29) is 34.0 Å². The number of hydrogen-bond donors (Lipinski definition) is 0. The molecule has 2 amide bonds. The molecule has 0 N–H and O–H groups in total. The zero-order chi connectivity index (χ0) is 28.7. The van der Waals surface area contributed by atoms with Crippen molar-refractivity contribution in [3.05, 3.63) is 134 Å². The van der Waals surface area contributed by atoms with Crippen molar-refractivity contribution < 1.29 is 14.0 Å². The Hall–Kier alpha value is -4.50.